The van der Waals surface area contributed by atoms with Crippen LogP contribution in [-0.2, 0) is 6.54 Å². The third kappa shape index (κ3) is 4.26. The number of hydrogen-bond acceptors (Lipinski definition) is 5. The molecule has 0 radical (unpaired) electrons. The highest BCUT2D eigenvalue weighted by Gasteiger charge is 2.37. The third-order valence-electron chi connectivity index (χ3n) is 7.08. The summed E-state index contributed by atoms with van der Waals surface area (Å²) in [5, 5.41) is 7.70. The summed E-state index contributed by atoms with van der Waals surface area (Å²) < 4.78 is 7.05. The summed E-state index contributed by atoms with van der Waals surface area (Å²) in [5.74, 6) is 0.746. The molecule has 1 saturated carbocycles. The van der Waals surface area contributed by atoms with Crippen molar-refractivity contribution in [3.8, 4) is 17.0 Å². The first-order valence-electron chi connectivity index (χ1n) is 12.0. The number of primary amides is 1. The van der Waals surface area contributed by atoms with Crippen LogP contribution in [0, 0.1) is 11.8 Å². The Labute approximate surface area is 209 Å². The lowest BCUT2D eigenvalue weighted by Crippen LogP contribution is -2.23. The van der Waals surface area contributed by atoms with Crippen LogP contribution < -0.4 is 21.5 Å². The summed E-state index contributed by atoms with van der Waals surface area (Å²) in [5.41, 5.74) is 15.0. The number of nitrogens with one attached hydrogen (secondary N) is 1. The molecular weight excluding hydrogens is 454 g/mol. The number of rotatable bonds is 7. The number of carbonyl (C=O) groups excluding carboxylic acids is 2. The Hall–Kier alpha value is -4.33. The predicted molar refractivity (Wildman–Crippen MR) is 138 cm³/mol. The summed E-state index contributed by atoms with van der Waals surface area (Å²) in [7, 11) is 1.53. The number of aromatic nitrogens is 2. The number of hydrogen-bond donors (Lipinski definition) is 3. The van der Waals surface area contributed by atoms with Crippen LogP contribution in [0.25, 0.3) is 11.3 Å². The van der Waals surface area contributed by atoms with Crippen LogP contribution >= 0.6 is 0 Å². The van der Waals surface area contributed by atoms with E-state index in [2.05, 4.69) is 29.6 Å². The number of fused-ring (bicyclic) bond motifs is 1. The van der Waals surface area contributed by atoms with Crippen LogP contribution in [0.2, 0.25) is 0 Å². The van der Waals surface area contributed by atoms with Gasteiger partial charge in [-0.05, 0) is 36.5 Å². The molecule has 2 aliphatic carbocycles. The largest absolute Gasteiger partial charge is 0.496 e. The van der Waals surface area contributed by atoms with Gasteiger partial charge in [-0.3, -0.25) is 9.59 Å². The quantitative estimate of drug-likeness (QED) is 0.471. The van der Waals surface area contributed by atoms with Gasteiger partial charge in [0.1, 0.15) is 22.8 Å². The SMILES string of the molecule is COc1ccccc1C(=O)NCc1ccc(-c2nn(C3CCC4C=CC=CC43)c(N)c2C(N)=O)cc1. The summed E-state index contributed by atoms with van der Waals surface area (Å²) in [6.07, 6.45) is 10.5. The number of nitrogens with two attached hydrogens (primary N) is 2. The van der Waals surface area contributed by atoms with Crippen molar-refractivity contribution in [1.29, 1.82) is 0 Å². The lowest BCUT2D eigenvalue weighted by Gasteiger charge is -2.23. The van der Waals surface area contributed by atoms with E-state index in [0.29, 0.717) is 41.2 Å². The summed E-state index contributed by atoms with van der Waals surface area (Å²) in [6, 6.07) is 14.7. The highest BCUT2D eigenvalue weighted by atomic mass is 16.5. The van der Waals surface area contributed by atoms with E-state index in [4.69, 9.17) is 21.3 Å². The molecule has 2 amide bonds. The van der Waals surface area contributed by atoms with Gasteiger partial charge in [-0.15, -0.1) is 0 Å². The second kappa shape index (κ2) is 9.73. The molecule has 0 spiro atoms. The Balaban J connectivity index is 1.36. The molecule has 184 valence electrons. The fraction of sp³-hybridized carbons (Fsp3) is 0.250. The molecule has 8 heteroatoms. The Morgan fingerprint density at radius 2 is 1.83 bits per heavy atom. The van der Waals surface area contributed by atoms with Crippen LogP contribution in [0.5, 0.6) is 5.75 Å². The summed E-state index contributed by atoms with van der Waals surface area (Å²) >= 11 is 0. The molecule has 1 fully saturated rings. The molecule has 0 saturated heterocycles. The monoisotopic (exact) mass is 483 g/mol. The number of nitrogen functional groups attached to an aromatic ring is 1. The molecular formula is C28H29N5O3. The molecule has 3 aromatic rings. The van der Waals surface area contributed by atoms with Crippen molar-refractivity contribution in [3.63, 3.8) is 0 Å². The van der Waals surface area contributed by atoms with E-state index in [0.717, 1.165) is 24.0 Å². The number of amides is 2. The normalized spacial score (nSPS) is 20.2. The van der Waals surface area contributed by atoms with Crippen LogP contribution in [-0.4, -0.2) is 28.7 Å². The van der Waals surface area contributed by atoms with Crippen molar-refractivity contribution < 1.29 is 14.3 Å². The minimum atomic E-state index is -0.601. The van der Waals surface area contributed by atoms with Gasteiger partial charge in [-0.1, -0.05) is 60.7 Å². The van der Waals surface area contributed by atoms with E-state index in [1.54, 1.807) is 22.9 Å². The van der Waals surface area contributed by atoms with Gasteiger partial charge in [-0.25, -0.2) is 4.68 Å². The van der Waals surface area contributed by atoms with Gasteiger partial charge in [0.05, 0.1) is 18.7 Å². The van der Waals surface area contributed by atoms with E-state index in [1.165, 1.54) is 7.11 Å². The standard InChI is InChI=1S/C28H29N5O3/c1-36-23-9-5-4-8-21(23)28(35)31-16-17-10-12-19(13-11-17)25-24(27(30)34)26(29)33(32-25)22-15-14-18-6-2-3-7-20(18)22/h2-13,18,20,22H,14-16,29H2,1H3,(H2,30,34)(H,31,35). The van der Waals surface area contributed by atoms with E-state index in [1.807, 2.05) is 30.3 Å². The fourth-order valence-electron chi connectivity index (χ4n) is 5.25. The maximum atomic E-state index is 12.6. The van der Waals surface area contributed by atoms with Crippen molar-refractivity contribution >= 4 is 17.6 Å². The van der Waals surface area contributed by atoms with Gasteiger partial charge in [0.2, 0.25) is 0 Å². The zero-order valence-electron chi connectivity index (χ0n) is 20.1. The number of ether oxygens (including phenoxy) is 1. The average Bonchev–Trinajstić information content (AvgIpc) is 3.48. The van der Waals surface area contributed by atoms with Gasteiger partial charge in [0, 0.05) is 18.0 Å². The molecule has 5 N–H and O–H groups in total. The average molecular weight is 484 g/mol. The Morgan fingerprint density at radius 1 is 1.08 bits per heavy atom. The number of para-hydroxylation sites is 1. The maximum Gasteiger partial charge on any atom is 0.255 e. The number of allylic oxidation sites excluding steroid dienone is 4. The molecule has 1 heterocycles. The molecule has 0 bridgehead atoms. The molecule has 36 heavy (non-hydrogen) atoms. The smallest absolute Gasteiger partial charge is 0.255 e. The van der Waals surface area contributed by atoms with Crippen molar-refractivity contribution in [1.82, 2.24) is 15.1 Å². The van der Waals surface area contributed by atoms with E-state index >= 15 is 0 Å². The molecule has 1 aromatic heterocycles. The van der Waals surface area contributed by atoms with Gasteiger partial charge < -0.3 is 21.5 Å². The summed E-state index contributed by atoms with van der Waals surface area (Å²) in [6.45, 7) is 0.335. The molecule has 0 aliphatic heterocycles. The van der Waals surface area contributed by atoms with Crippen LogP contribution in [0.3, 0.4) is 0 Å². The number of anilines is 1. The lowest BCUT2D eigenvalue weighted by molar-refractivity contribution is 0.0946. The highest BCUT2D eigenvalue weighted by Crippen LogP contribution is 2.45. The highest BCUT2D eigenvalue weighted by molar-refractivity contribution is 6.03. The first-order chi connectivity index (χ1) is 17.5. The number of nitrogens with zero attached hydrogens (tertiary/aromatic N) is 2. The Morgan fingerprint density at radius 3 is 2.58 bits per heavy atom. The predicted octanol–water partition coefficient (Wildman–Crippen LogP) is 3.86. The van der Waals surface area contributed by atoms with E-state index in [-0.39, 0.29) is 17.5 Å². The number of carbonyl (C=O) groups is 2. The zero-order chi connectivity index (χ0) is 25.2. The Bertz CT molecular complexity index is 1360. The number of methoxy groups -OCH3 is 1. The van der Waals surface area contributed by atoms with E-state index in [9.17, 15) is 9.59 Å². The molecule has 5 rings (SSSR count). The molecule has 3 atom stereocenters. The minimum Gasteiger partial charge on any atom is -0.496 e. The van der Waals surface area contributed by atoms with Crippen molar-refractivity contribution in [2.75, 3.05) is 12.8 Å². The van der Waals surface area contributed by atoms with Crippen LogP contribution in [0.1, 0.15) is 45.2 Å². The van der Waals surface area contributed by atoms with Crippen molar-refractivity contribution in [3.05, 3.63) is 89.5 Å². The zero-order valence-corrected chi connectivity index (χ0v) is 20.1. The molecule has 2 aromatic carbocycles. The van der Waals surface area contributed by atoms with Gasteiger partial charge in [0.25, 0.3) is 11.8 Å². The lowest BCUT2D eigenvalue weighted by atomic mass is 9.90. The molecule has 2 aliphatic rings. The van der Waals surface area contributed by atoms with Gasteiger partial charge in [0.15, 0.2) is 0 Å². The van der Waals surface area contributed by atoms with Crippen LogP contribution in [0.4, 0.5) is 5.82 Å². The number of benzene rings is 2. The molecule has 3 unspecified atom stereocenters. The maximum absolute atomic E-state index is 12.6. The summed E-state index contributed by atoms with van der Waals surface area (Å²) in [4.78, 5) is 25.0. The van der Waals surface area contributed by atoms with Crippen molar-refractivity contribution in [2.45, 2.75) is 25.4 Å². The first-order valence-corrected chi connectivity index (χ1v) is 12.0. The Kier molecular flexibility index (Phi) is 6.33. The van der Waals surface area contributed by atoms with Gasteiger partial charge >= 0.3 is 0 Å². The third-order valence-corrected chi connectivity index (χ3v) is 7.08. The minimum absolute atomic E-state index is 0.0764. The fourth-order valence-corrected chi connectivity index (χ4v) is 5.25. The van der Waals surface area contributed by atoms with Crippen molar-refractivity contribution in [2.24, 2.45) is 17.6 Å². The second-order valence-corrected chi connectivity index (χ2v) is 9.15. The van der Waals surface area contributed by atoms with E-state index < -0.39 is 5.91 Å². The van der Waals surface area contributed by atoms with Crippen LogP contribution in [0.15, 0.2) is 72.8 Å². The topological polar surface area (TPSA) is 125 Å². The first kappa shape index (κ1) is 23.4. The molecule has 8 nitrogen and oxygen atoms in total. The second-order valence-electron chi connectivity index (χ2n) is 9.15. The van der Waals surface area contributed by atoms with Gasteiger partial charge in [-0.2, -0.15) is 5.10 Å².